The van der Waals surface area contributed by atoms with E-state index in [1.807, 2.05) is 23.1 Å². The van der Waals surface area contributed by atoms with Gasteiger partial charge in [0.2, 0.25) is 5.91 Å². The number of likely N-dealkylation sites (N-methyl/N-ethyl adjacent to an activating group) is 1. The Morgan fingerprint density at radius 1 is 1.15 bits per heavy atom. The molecule has 186 valence electrons. The molecule has 3 amide bonds. The molecule has 1 aromatic rings. The average Bonchev–Trinajstić information content (AvgIpc) is 3.46. The summed E-state index contributed by atoms with van der Waals surface area (Å²) in [7, 11) is 2.07. The molecule has 0 spiro atoms. The fourth-order valence-electron chi connectivity index (χ4n) is 5.77. The van der Waals surface area contributed by atoms with Gasteiger partial charge in [-0.25, -0.2) is 4.79 Å². The van der Waals surface area contributed by atoms with E-state index >= 15 is 0 Å². The van der Waals surface area contributed by atoms with Crippen LogP contribution in [-0.4, -0.2) is 91.0 Å². The van der Waals surface area contributed by atoms with Crippen molar-refractivity contribution in [2.45, 2.75) is 68.8 Å². The van der Waals surface area contributed by atoms with Crippen LogP contribution in [0.3, 0.4) is 0 Å². The summed E-state index contributed by atoms with van der Waals surface area (Å²) in [6.45, 7) is 3.07. The zero-order valence-electron chi connectivity index (χ0n) is 19.9. The predicted molar refractivity (Wildman–Crippen MR) is 127 cm³/mol. The van der Waals surface area contributed by atoms with E-state index in [2.05, 4.69) is 22.6 Å². The number of aliphatic hydroxyl groups excluding tert-OH is 1. The smallest absolute Gasteiger partial charge is 0.319 e. The molecule has 1 saturated carbocycles. The van der Waals surface area contributed by atoms with Crippen LogP contribution >= 0.6 is 0 Å². The quantitative estimate of drug-likeness (QED) is 0.605. The highest BCUT2D eigenvalue weighted by Crippen LogP contribution is 2.47. The Bertz CT molecular complexity index is 897. The highest BCUT2D eigenvalue weighted by molar-refractivity contribution is 5.89. The Morgan fingerprint density at radius 3 is 2.65 bits per heavy atom. The minimum Gasteiger partial charge on any atom is -0.487 e. The second-order valence-electron chi connectivity index (χ2n) is 10.1. The van der Waals surface area contributed by atoms with Crippen LogP contribution in [0.2, 0.25) is 0 Å². The van der Waals surface area contributed by atoms with Crippen LogP contribution in [0.4, 0.5) is 10.5 Å². The molecule has 0 aromatic heterocycles. The molecular formula is C25H36N4O5. The van der Waals surface area contributed by atoms with Gasteiger partial charge in [0, 0.05) is 49.4 Å². The standard InChI is InChI=1S/C25H36N4O5/c1-28-8-10-29(11-9-28)23(31)14-18-13-20-19-12-17(27-25(32)26-16-4-2-3-5-16)6-7-21(19)34-24(20)22(15-30)33-18/h6-7,12,16,18,20,22,24,30H,2-5,8-11,13-15H2,1H3,(H2,26,27,32)/t18-,20-,22-,24+/m1/s1. The van der Waals surface area contributed by atoms with Gasteiger partial charge in [-0.15, -0.1) is 0 Å². The molecule has 34 heavy (non-hydrogen) atoms. The van der Waals surface area contributed by atoms with Crippen molar-refractivity contribution in [3.63, 3.8) is 0 Å². The van der Waals surface area contributed by atoms with Crippen LogP contribution in [0, 0.1) is 0 Å². The Hall–Kier alpha value is -2.36. The molecule has 9 nitrogen and oxygen atoms in total. The molecule has 3 fully saturated rings. The second-order valence-corrected chi connectivity index (χ2v) is 10.1. The molecule has 2 saturated heterocycles. The first-order valence-corrected chi connectivity index (χ1v) is 12.6. The Morgan fingerprint density at radius 2 is 1.91 bits per heavy atom. The lowest BCUT2D eigenvalue weighted by atomic mass is 9.84. The summed E-state index contributed by atoms with van der Waals surface area (Å²) < 4.78 is 12.3. The summed E-state index contributed by atoms with van der Waals surface area (Å²) in [4.78, 5) is 29.5. The lowest BCUT2D eigenvalue weighted by molar-refractivity contribution is -0.150. The number of amides is 3. The summed E-state index contributed by atoms with van der Waals surface area (Å²) in [5.41, 5.74) is 1.72. The number of hydrogen-bond acceptors (Lipinski definition) is 6. The summed E-state index contributed by atoms with van der Waals surface area (Å²) >= 11 is 0. The van der Waals surface area contributed by atoms with E-state index < -0.39 is 6.10 Å². The number of benzene rings is 1. The fraction of sp³-hybridized carbons (Fsp3) is 0.680. The summed E-state index contributed by atoms with van der Waals surface area (Å²) in [6.07, 6.45) is 4.29. The molecule has 3 N–H and O–H groups in total. The van der Waals surface area contributed by atoms with Gasteiger partial charge in [-0.05, 0) is 44.5 Å². The van der Waals surface area contributed by atoms with Crippen molar-refractivity contribution in [3.8, 4) is 5.75 Å². The van der Waals surface area contributed by atoms with Crippen LogP contribution in [0.25, 0.3) is 0 Å². The monoisotopic (exact) mass is 472 g/mol. The van der Waals surface area contributed by atoms with Gasteiger partial charge in [-0.1, -0.05) is 12.8 Å². The summed E-state index contributed by atoms with van der Waals surface area (Å²) in [5.74, 6) is 0.863. The number of piperazine rings is 1. The number of hydrogen-bond donors (Lipinski definition) is 3. The van der Waals surface area contributed by atoms with Gasteiger partial charge in [-0.3, -0.25) is 4.79 Å². The maximum absolute atomic E-state index is 12.9. The van der Waals surface area contributed by atoms with Crippen molar-refractivity contribution < 1.29 is 24.2 Å². The molecule has 0 unspecified atom stereocenters. The topological polar surface area (TPSA) is 103 Å². The van der Waals surface area contributed by atoms with E-state index in [1.54, 1.807) is 0 Å². The van der Waals surface area contributed by atoms with Crippen LogP contribution in [0.1, 0.15) is 50.0 Å². The second kappa shape index (κ2) is 10.1. The van der Waals surface area contributed by atoms with Crippen molar-refractivity contribution in [3.05, 3.63) is 23.8 Å². The number of urea groups is 1. The summed E-state index contributed by atoms with van der Waals surface area (Å²) in [5, 5.41) is 16.0. The van der Waals surface area contributed by atoms with Crippen molar-refractivity contribution in [1.82, 2.24) is 15.1 Å². The molecule has 1 aliphatic carbocycles. The van der Waals surface area contributed by atoms with Crippen molar-refractivity contribution >= 4 is 17.6 Å². The number of carbonyl (C=O) groups is 2. The number of fused-ring (bicyclic) bond motifs is 3. The van der Waals surface area contributed by atoms with Gasteiger partial charge in [0.25, 0.3) is 0 Å². The first kappa shape index (κ1) is 23.4. The van der Waals surface area contributed by atoms with Gasteiger partial charge < -0.3 is 35.0 Å². The van der Waals surface area contributed by atoms with Gasteiger partial charge >= 0.3 is 6.03 Å². The van der Waals surface area contributed by atoms with E-state index in [-0.39, 0.29) is 42.7 Å². The van der Waals surface area contributed by atoms with Gasteiger partial charge in [0.05, 0.1) is 19.1 Å². The fourth-order valence-corrected chi connectivity index (χ4v) is 5.77. The molecule has 1 aromatic carbocycles. The Balaban J connectivity index is 1.25. The number of carbonyl (C=O) groups excluding carboxylic acids is 2. The van der Waals surface area contributed by atoms with Crippen LogP contribution in [0.15, 0.2) is 18.2 Å². The van der Waals surface area contributed by atoms with Gasteiger partial charge in [0.15, 0.2) is 0 Å². The zero-order chi connectivity index (χ0) is 23.7. The van der Waals surface area contributed by atoms with Crippen molar-refractivity contribution in [2.24, 2.45) is 0 Å². The largest absolute Gasteiger partial charge is 0.487 e. The lowest BCUT2D eigenvalue weighted by Gasteiger charge is -2.38. The van der Waals surface area contributed by atoms with Crippen LogP contribution in [0.5, 0.6) is 5.75 Å². The Kier molecular flexibility index (Phi) is 6.94. The van der Waals surface area contributed by atoms with Crippen molar-refractivity contribution in [2.75, 3.05) is 45.2 Å². The number of aliphatic hydroxyl groups is 1. The van der Waals surface area contributed by atoms with E-state index in [1.165, 1.54) is 0 Å². The first-order valence-electron chi connectivity index (χ1n) is 12.6. The first-order chi connectivity index (χ1) is 16.5. The molecule has 3 aliphatic heterocycles. The van der Waals surface area contributed by atoms with Crippen LogP contribution in [-0.2, 0) is 9.53 Å². The third-order valence-corrected chi connectivity index (χ3v) is 7.71. The molecule has 9 heteroatoms. The Labute approximate surface area is 200 Å². The predicted octanol–water partition coefficient (Wildman–Crippen LogP) is 1.91. The van der Waals surface area contributed by atoms with Gasteiger partial charge in [0.1, 0.15) is 18.0 Å². The maximum atomic E-state index is 12.9. The van der Waals surface area contributed by atoms with Crippen LogP contribution < -0.4 is 15.4 Å². The molecule has 3 heterocycles. The van der Waals surface area contributed by atoms with Crippen molar-refractivity contribution in [1.29, 1.82) is 0 Å². The number of nitrogens with one attached hydrogen (secondary N) is 2. The van der Waals surface area contributed by atoms with Gasteiger partial charge in [-0.2, -0.15) is 0 Å². The van der Waals surface area contributed by atoms with E-state index in [0.29, 0.717) is 12.8 Å². The molecular weight excluding hydrogens is 436 g/mol. The molecule has 4 aliphatic rings. The average molecular weight is 473 g/mol. The third kappa shape index (κ3) is 5.01. The lowest BCUT2D eigenvalue weighted by Crippen LogP contribution is -2.50. The molecule has 0 radical (unpaired) electrons. The number of anilines is 1. The maximum Gasteiger partial charge on any atom is 0.319 e. The third-order valence-electron chi connectivity index (χ3n) is 7.71. The minimum absolute atomic E-state index is 0.00540. The minimum atomic E-state index is -0.487. The summed E-state index contributed by atoms with van der Waals surface area (Å²) in [6, 6.07) is 5.75. The van der Waals surface area contributed by atoms with E-state index in [0.717, 1.165) is 68.9 Å². The molecule has 4 atom stereocenters. The SMILES string of the molecule is CN1CCN(C(=O)C[C@H]2C[C@@H]3c4cc(NC(=O)NC5CCCC5)ccc4O[C@@H]3[C@@H](CO)O2)CC1. The zero-order valence-corrected chi connectivity index (χ0v) is 19.9. The van der Waals surface area contributed by atoms with E-state index in [9.17, 15) is 14.7 Å². The highest BCUT2D eigenvalue weighted by Gasteiger charge is 2.46. The highest BCUT2D eigenvalue weighted by atomic mass is 16.6. The number of ether oxygens (including phenoxy) is 2. The normalized spacial score (nSPS) is 29.3. The number of rotatable bonds is 5. The molecule has 0 bridgehead atoms. The van der Waals surface area contributed by atoms with E-state index in [4.69, 9.17) is 9.47 Å². The number of nitrogens with zero attached hydrogens (tertiary/aromatic N) is 2. The molecule has 5 rings (SSSR count).